The number of rotatable bonds is 3. The van der Waals surface area contributed by atoms with E-state index in [1.54, 1.807) is 17.0 Å². The molecule has 0 aromatic heterocycles. The summed E-state index contributed by atoms with van der Waals surface area (Å²) >= 11 is 9.30. The van der Waals surface area contributed by atoms with Crippen LogP contribution < -0.4 is 10.5 Å². The lowest BCUT2D eigenvalue weighted by Crippen LogP contribution is -2.35. The lowest BCUT2D eigenvalue weighted by molar-refractivity contribution is -0.132. The molecule has 1 atom stereocenters. The summed E-state index contributed by atoms with van der Waals surface area (Å²) in [5.41, 5.74) is 5.75. The number of nitrogens with two attached hydrogens (primary N) is 1. The maximum absolute atomic E-state index is 11.8. The summed E-state index contributed by atoms with van der Waals surface area (Å²) in [7, 11) is 0. The molecule has 18 heavy (non-hydrogen) atoms. The van der Waals surface area contributed by atoms with E-state index in [1.807, 2.05) is 6.07 Å². The van der Waals surface area contributed by atoms with Crippen molar-refractivity contribution in [1.29, 1.82) is 0 Å². The monoisotopic (exact) mass is 332 g/mol. The first-order valence-corrected chi connectivity index (χ1v) is 6.84. The molecule has 1 aromatic carbocycles. The van der Waals surface area contributed by atoms with Crippen molar-refractivity contribution in [2.75, 3.05) is 19.7 Å². The van der Waals surface area contributed by atoms with E-state index in [-0.39, 0.29) is 18.6 Å². The lowest BCUT2D eigenvalue weighted by atomic mass is 10.3. The normalized spacial score (nSPS) is 19.1. The fourth-order valence-corrected chi connectivity index (χ4v) is 2.56. The molecule has 1 heterocycles. The van der Waals surface area contributed by atoms with Gasteiger partial charge in [-0.3, -0.25) is 4.79 Å². The number of hydrogen-bond donors (Lipinski definition) is 1. The van der Waals surface area contributed by atoms with Gasteiger partial charge in [-0.1, -0.05) is 27.5 Å². The zero-order valence-electron chi connectivity index (χ0n) is 9.73. The van der Waals surface area contributed by atoms with Crippen LogP contribution in [0.1, 0.15) is 6.42 Å². The molecule has 4 nitrogen and oxygen atoms in total. The van der Waals surface area contributed by atoms with Crippen molar-refractivity contribution in [3.05, 3.63) is 27.7 Å². The lowest BCUT2D eigenvalue weighted by Gasteiger charge is -2.16. The summed E-state index contributed by atoms with van der Waals surface area (Å²) in [6, 6.07) is 5.37. The second kappa shape index (κ2) is 5.91. The fourth-order valence-electron chi connectivity index (χ4n) is 1.84. The van der Waals surface area contributed by atoms with Crippen LogP contribution in [0.4, 0.5) is 0 Å². The van der Waals surface area contributed by atoms with Gasteiger partial charge in [-0.15, -0.1) is 0 Å². The highest BCUT2D eigenvalue weighted by atomic mass is 79.9. The third kappa shape index (κ3) is 3.37. The number of benzene rings is 1. The van der Waals surface area contributed by atoms with Crippen LogP contribution in [0.2, 0.25) is 5.02 Å². The van der Waals surface area contributed by atoms with Crippen molar-refractivity contribution in [3.63, 3.8) is 0 Å². The predicted octanol–water partition coefficient (Wildman–Crippen LogP) is 2.04. The van der Waals surface area contributed by atoms with Gasteiger partial charge in [-0.2, -0.15) is 0 Å². The van der Waals surface area contributed by atoms with E-state index in [2.05, 4.69) is 15.9 Å². The van der Waals surface area contributed by atoms with Gasteiger partial charge in [0.15, 0.2) is 6.61 Å². The average molecular weight is 334 g/mol. The van der Waals surface area contributed by atoms with Crippen molar-refractivity contribution in [3.8, 4) is 5.75 Å². The van der Waals surface area contributed by atoms with E-state index in [0.29, 0.717) is 23.9 Å². The van der Waals surface area contributed by atoms with Crippen LogP contribution in [-0.2, 0) is 4.79 Å². The molecule has 98 valence electrons. The molecule has 1 fully saturated rings. The number of ether oxygens (including phenoxy) is 1. The third-order valence-electron chi connectivity index (χ3n) is 2.82. The van der Waals surface area contributed by atoms with Crippen molar-refractivity contribution >= 4 is 33.4 Å². The number of carbonyl (C=O) groups excluding carboxylic acids is 1. The number of amides is 1. The quantitative estimate of drug-likeness (QED) is 0.921. The SMILES string of the molecule is NC1CCN(C(=O)COc2ccc(Br)cc2Cl)C1. The minimum absolute atomic E-state index is 0.00588. The molecule has 0 aliphatic carbocycles. The second-order valence-corrected chi connectivity index (χ2v) is 5.57. The van der Waals surface area contributed by atoms with E-state index >= 15 is 0 Å². The van der Waals surface area contributed by atoms with Crippen molar-refractivity contribution in [2.45, 2.75) is 12.5 Å². The smallest absolute Gasteiger partial charge is 0.260 e. The Hall–Kier alpha value is -0.780. The molecule has 1 amide bonds. The Morgan fingerprint density at radius 3 is 3.00 bits per heavy atom. The Labute approximate surface area is 119 Å². The van der Waals surface area contributed by atoms with Gasteiger partial charge in [0.1, 0.15) is 5.75 Å². The van der Waals surface area contributed by atoms with Crippen LogP contribution in [0.25, 0.3) is 0 Å². The maximum Gasteiger partial charge on any atom is 0.260 e. The average Bonchev–Trinajstić information content (AvgIpc) is 2.74. The van der Waals surface area contributed by atoms with Crippen LogP contribution in [0, 0.1) is 0 Å². The molecule has 1 aliphatic heterocycles. The number of halogens is 2. The van der Waals surface area contributed by atoms with Gasteiger partial charge in [0, 0.05) is 23.6 Å². The maximum atomic E-state index is 11.8. The first-order valence-electron chi connectivity index (χ1n) is 5.67. The summed E-state index contributed by atoms with van der Waals surface area (Å²) in [5, 5.41) is 0.482. The zero-order chi connectivity index (χ0) is 13.1. The summed E-state index contributed by atoms with van der Waals surface area (Å²) < 4.78 is 6.29. The molecule has 2 N–H and O–H groups in total. The molecule has 1 aliphatic rings. The highest BCUT2D eigenvalue weighted by Crippen LogP contribution is 2.27. The van der Waals surface area contributed by atoms with Gasteiger partial charge < -0.3 is 15.4 Å². The largest absolute Gasteiger partial charge is 0.482 e. The Balaban J connectivity index is 1.89. The molecule has 2 rings (SSSR count). The minimum atomic E-state index is -0.0538. The topological polar surface area (TPSA) is 55.6 Å². The standard InChI is InChI=1S/C12H14BrClN2O2/c13-8-1-2-11(10(14)5-8)18-7-12(17)16-4-3-9(15)6-16/h1-2,5,9H,3-4,6-7,15H2. The Kier molecular flexibility index (Phi) is 4.48. The molecule has 0 saturated carbocycles. The summed E-state index contributed by atoms with van der Waals surface area (Å²) in [6.45, 7) is 1.31. The molecule has 0 radical (unpaired) electrons. The highest BCUT2D eigenvalue weighted by molar-refractivity contribution is 9.10. The Morgan fingerprint density at radius 1 is 1.61 bits per heavy atom. The first kappa shape index (κ1) is 13.6. The first-order chi connectivity index (χ1) is 8.56. The van der Waals surface area contributed by atoms with Crippen LogP contribution >= 0.6 is 27.5 Å². The summed E-state index contributed by atoms with van der Waals surface area (Å²) in [5.74, 6) is 0.457. The molecule has 0 bridgehead atoms. The number of carbonyl (C=O) groups is 1. The fraction of sp³-hybridized carbons (Fsp3) is 0.417. The Morgan fingerprint density at radius 2 is 2.39 bits per heavy atom. The van der Waals surface area contributed by atoms with Crippen LogP contribution in [0.15, 0.2) is 22.7 Å². The Bertz CT molecular complexity index is 456. The van der Waals surface area contributed by atoms with Gasteiger partial charge >= 0.3 is 0 Å². The van der Waals surface area contributed by atoms with E-state index in [0.717, 1.165) is 10.9 Å². The van der Waals surface area contributed by atoms with E-state index in [1.165, 1.54) is 0 Å². The van der Waals surface area contributed by atoms with Crippen LogP contribution in [-0.4, -0.2) is 36.5 Å². The predicted molar refractivity (Wildman–Crippen MR) is 73.8 cm³/mol. The molecule has 0 spiro atoms. The highest BCUT2D eigenvalue weighted by Gasteiger charge is 2.23. The summed E-state index contributed by atoms with van der Waals surface area (Å²) in [6.07, 6.45) is 0.852. The van der Waals surface area contributed by atoms with Gasteiger partial charge in [0.25, 0.3) is 5.91 Å². The molecular weight excluding hydrogens is 320 g/mol. The van der Waals surface area contributed by atoms with E-state index in [9.17, 15) is 4.79 Å². The molecular formula is C12H14BrClN2O2. The molecule has 1 unspecified atom stereocenters. The van der Waals surface area contributed by atoms with E-state index in [4.69, 9.17) is 22.1 Å². The van der Waals surface area contributed by atoms with Gasteiger partial charge in [0.2, 0.25) is 0 Å². The van der Waals surface area contributed by atoms with Gasteiger partial charge in [-0.05, 0) is 24.6 Å². The van der Waals surface area contributed by atoms with Crippen LogP contribution in [0.5, 0.6) is 5.75 Å². The molecule has 6 heteroatoms. The minimum Gasteiger partial charge on any atom is -0.482 e. The van der Waals surface area contributed by atoms with Gasteiger partial charge in [0.05, 0.1) is 5.02 Å². The van der Waals surface area contributed by atoms with Crippen molar-refractivity contribution in [2.24, 2.45) is 5.73 Å². The number of likely N-dealkylation sites (tertiary alicyclic amines) is 1. The zero-order valence-corrected chi connectivity index (χ0v) is 12.1. The molecule has 1 saturated heterocycles. The number of nitrogens with zero attached hydrogens (tertiary/aromatic N) is 1. The molecule has 1 aromatic rings. The van der Waals surface area contributed by atoms with Crippen molar-refractivity contribution < 1.29 is 9.53 Å². The second-order valence-electron chi connectivity index (χ2n) is 4.25. The summed E-state index contributed by atoms with van der Waals surface area (Å²) in [4.78, 5) is 13.6. The third-order valence-corrected chi connectivity index (χ3v) is 3.61. The van der Waals surface area contributed by atoms with Gasteiger partial charge in [-0.25, -0.2) is 0 Å². The van der Waals surface area contributed by atoms with Crippen LogP contribution in [0.3, 0.4) is 0 Å². The van der Waals surface area contributed by atoms with Crippen molar-refractivity contribution in [1.82, 2.24) is 4.90 Å². The number of hydrogen-bond acceptors (Lipinski definition) is 3. The van der Waals surface area contributed by atoms with E-state index < -0.39 is 0 Å².